The van der Waals surface area contributed by atoms with E-state index < -0.39 is 10.0 Å². The third-order valence-electron chi connectivity index (χ3n) is 12.3. The highest BCUT2D eigenvalue weighted by Crippen LogP contribution is 2.32. The second-order valence-electron chi connectivity index (χ2n) is 16.2. The van der Waals surface area contributed by atoms with Gasteiger partial charge in [-0.15, -0.1) is 0 Å². The van der Waals surface area contributed by atoms with E-state index in [0.717, 1.165) is 108 Å². The number of fused-ring (bicyclic) bond motifs is 4. The van der Waals surface area contributed by atoms with Crippen molar-refractivity contribution in [2.45, 2.75) is 110 Å². The number of sulfonamides is 1. The summed E-state index contributed by atoms with van der Waals surface area (Å²) >= 11 is 0. The molecule has 4 aliphatic rings. The molecule has 0 aliphatic carbocycles. The molecular formula is C42H54N12O6S. The first-order chi connectivity index (χ1) is 29.2. The molecule has 10 rings (SSSR count). The second-order valence-corrected chi connectivity index (χ2v) is 18.1. The molecule has 2 fully saturated rings. The van der Waals surface area contributed by atoms with Gasteiger partial charge in [-0.1, -0.05) is 17.7 Å². The third kappa shape index (κ3) is 8.95. The van der Waals surface area contributed by atoms with Crippen molar-refractivity contribution in [2.75, 3.05) is 42.2 Å². The van der Waals surface area contributed by atoms with Crippen LogP contribution in [0.4, 0.5) is 11.6 Å². The normalized spacial score (nSPS) is 19.1. The van der Waals surface area contributed by atoms with Crippen LogP contribution < -0.4 is 15.1 Å². The molecule has 19 heteroatoms. The first-order valence-electron chi connectivity index (χ1n) is 21.0. The summed E-state index contributed by atoms with van der Waals surface area (Å²) in [6.45, 7) is 4.25. The third-order valence-corrected chi connectivity index (χ3v) is 13.6. The van der Waals surface area contributed by atoms with Crippen molar-refractivity contribution in [2.24, 2.45) is 0 Å². The van der Waals surface area contributed by atoms with Gasteiger partial charge in [-0.05, 0) is 70.0 Å². The first kappa shape index (κ1) is 42.2. The Balaban J connectivity index is 0.000000167. The molecule has 2 saturated heterocycles. The van der Waals surface area contributed by atoms with E-state index in [1.807, 2.05) is 24.5 Å². The van der Waals surface area contributed by atoms with Crippen LogP contribution in [-0.4, -0.2) is 109 Å². The maximum Gasteiger partial charge on any atom is 0.211 e. The summed E-state index contributed by atoms with van der Waals surface area (Å²) in [4.78, 5) is 53.7. The van der Waals surface area contributed by atoms with Crippen LogP contribution in [-0.2, 0) is 36.0 Å². The molecule has 18 nitrogen and oxygen atoms in total. The predicted octanol–water partition coefficient (Wildman–Crippen LogP) is 5.54. The lowest BCUT2D eigenvalue weighted by Gasteiger charge is -2.27. The molecule has 3 N–H and O–H groups in total. The van der Waals surface area contributed by atoms with Gasteiger partial charge < -0.3 is 34.1 Å². The number of H-pyrrole nitrogens is 2. The molecule has 4 aliphatic heterocycles. The number of aromatic nitrogens is 8. The van der Waals surface area contributed by atoms with Crippen LogP contribution in [0.3, 0.4) is 0 Å². The van der Waals surface area contributed by atoms with Gasteiger partial charge in [0.1, 0.15) is 47.1 Å². The minimum absolute atomic E-state index is 0. The highest BCUT2D eigenvalue weighted by molar-refractivity contribution is 7.88. The standard InChI is InChI=1S/C21H26N6O4S.C20H24N6O2.CH4/c1-32(29,30)27-10-3-5-14(27)4-2-6-17(28)19-16-12-26(11-8-18(16)31-25-19)21-15-7-9-22-20(15)23-13-24-21;27-16(5-1-3-13-4-2-8-21-13)18-15-11-26(10-7-17(15)28-25-18)20-14-6-9-22-19(14)23-12-24-20;/h7,9,13-14H,2-6,8,10-12H2,1H3,(H,22,23,24);6,9,12-13,21H,1-5,7-8,10-11H2,(H,22,23,24);1H4. The Morgan fingerprint density at radius 3 is 1.84 bits per heavy atom. The SMILES string of the molecule is C.CS(=O)(=O)N1CCCC1CCCC(=O)c1noc2c1CN(c1ncnc3[nH]ccc13)CC2.O=C(CCCC1CCCN1)c1noc2c1CN(c1ncnc3[nH]ccc13)CC2. The van der Waals surface area contributed by atoms with Gasteiger partial charge in [0.15, 0.2) is 23.0 Å². The van der Waals surface area contributed by atoms with Crippen molar-refractivity contribution in [1.29, 1.82) is 0 Å². The average Bonchev–Trinajstić information content (AvgIpc) is 4.11. The number of nitrogens with one attached hydrogen (secondary N) is 3. The smallest absolute Gasteiger partial charge is 0.211 e. The molecule has 10 heterocycles. The summed E-state index contributed by atoms with van der Waals surface area (Å²) in [6, 6.07) is 4.48. The van der Waals surface area contributed by atoms with Crippen LogP contribution in [0.25, 0.3) is 22.1 Å². The number of carbonyl (C=O) groups excluding carboxylic acids is 2. The molecule has 6 aromatic heterocycles. The number of hydrogen-bond donors (Lipinski definition) is 3. The van der Waals surface area contributed by atoms with E-state index in [0.29, 0.717) is 69.2 Å². The van der Waals surface area contributed by atoms with Crippen LogP contribution in [0, 0.1) is 0 Å². The van der Waals surface area contributed by atoms with Crippen LogP contribution in [0.5, 0.6) is 0 Å². The Morgan fingerprint density at radius 2 is 1.31 bits per heavy atom. The summed E-state index contributed by atoms with van der Waals surface area (Å²) in [5, 5.41) is 13.6. The zero-order valence-electron chi connectivity index (χ0n) is 33.7. The fourth-order valence-electron chi connectivity index (χ4n) is 9.22. The van der Waals surface area contributed by atoms with E-state index in [1.54, 1.807) is 10.6 Å². The van der Waals surface area contributed by atoms with Gasteiger partial charge in [0.05, 0.1) is 30.1 Å². The van der Waals surface area contributed by atoms with E-state index in [4.69, 9.17) is 9.05 Å². The molecule has 61 heavy (non-hydrogen) atoms. The predicted molar refractivity (Wildman–Crippen MR) is 229 cm³/mol. The maximum atomic E-state index is 12.9. The Morgan fingerprint density at radius 1 is 0.754 bits per heavy atom. The second kappa shape index (κ2) is 18.2. The lowest BCUT2D eigenvalue weighted by Crippen LogP contribution is -2.34. The number of rotatable bonds is 13. The van der Waals surface area contributed by atoms with Gasteiger partial charge in [-0.2, -0.15) is 4.31 Å². The molecular weight excluding hydrogens is 801 g/mol. The molecule has 0 saturated carbocycles. The van der Waals surface area contributed by atoms with Gasteiger partial charge in [0.2, 0.25) is 10.0 Å². The van der Waals surface area contributed by atoms with E-state index in [-0.39, 0.29) is 25.0 Å². The largest absolute Gasteiger partial charge is 0.360 e. The highest BCUT2D eigenvalue weighted by Gasteiger charge is 2.33. The Hall–Kier alpha value is -5.53. The monoisotopic (exact) mass is 854 g/mol. The van der Waals surface area contributed by atoms with Crippen molar-refractivity contribution in [3.63, 3.8) is 0 Å². The summed E-state index contributed by atoms with van der Waals surface area (Å²) in [5.74, 6) is 3.31. The summed E-state index contributed by atoms with van der Waals surface area (Å²) in [7, 11) is -3.20. The lowest BCUT2D eigenvalue weighted by molar-refractivity contribution is 0.0960. The average molecular weight is 855 g/mol. The van der Waals surface area contributed by atoms with Crippen molar-refractivity contribution < 1.29 is 27.1 Å². The Kier molecular flexibility index (Phi) is 12.6. The van der Waals surface area contributed by atoms with E-state index in [2.05, 4.69) is 55.3 Å². The highest BCUT2D eigenvalue weighted by atomic mass is 32.2. The number of anilines is 2. The number of Topliss-reactive ketones (excluding diaryl/α,β-unsaturated/α-hetero) is 2. The summed E-state index contributed by atoms with van der Waals surface area (Å²) in [6.07, 6.45) is 17.7. The van der Waals surface area contributed by atoms with Crippen molar-refractivity contribution >= 4 is 55.3 Å². The van der Waals surface area contributed by atoms with E-state index in [1.165, 1.54) is 25.4 Å². The molecule has 0 bridgehead atoms. The molecule has 0 aromatic carbocycles. The van der Waals surface area contributed by atoms with E-state index in [9.17, 15) is 18.0 Å². The quantitative estimate of drug-likeness (QED) is 0.121. The Labute approximate surface area is 354 Å². The topological polar surface area (TPSA) is 225 Å². The molecule has 2 unspecified atom stereocenters. The molecule has 0 amide bonds. The van der Waals surface area contributed by atoms with Crippen LogP contribution in [0.15, 0.2) is 46.2 Å². The number of hydrogen-bond acceptors (Lipinski definition) is 15. The molecule has 0 spiro atoms. The number of aromatic amines is 2. The number of nitrogens with zero attached hydrogens (tertiary/aromatic N) is 9. The Bertz CT molecular complexity index is 2590. The lowest BCUT2D eigenvalue weighted by atomic mass is 10.00. The molecule has 0 radical (unpaired) electrons. The minimum Gasteiger partial charge on any atom is -0.360 e. The van der Waals surface area contributed by atoms with E-state index >= 15 is 0 Å². The van der Waals surface area contributed by atoms with Gasteiger partial charge in [-0.25, -0.2) is 28.4 Å². The van der Waals surface area contributed by atoms with Crippen LogP contribution in [0.1, 0.15) is 115 Å². The molecule has 324 valence electrons. The summed E-state index contributed by atoms with van der Waals surface area (Å²) < 4.78 is 36.4. The van der Waals surface area contributed by atoms with Crippen molar-refractivity contribution in [1.82, 2.24) is 49.8 Å². The number of ketones is 2. The minimum atomic E-state index is -3.20. The first-order valence-corrected chi connectivity index (χ1v) is 22.8. The van der Waals surface area contributed by atoms with Gasteiger partial charge in [0, 0.05) is 80.9 Å². The van der Waals surface area contributed by atoms with Crippen LogP contribution >= 0.6 is 0 Å². The zero-order chi connectivity index (χ0) is 41.2. The zero-order valence-corrected chi connectivity index (χ0v) is 34.5. The molecule has 6 aromatic rings. The fraction of sp³-hybridized carbons (Fsp3) is 0.524. The maximum absolute atomic E-state index is 12.9. The van der Waals surface area contributed by atoms with Gasteiger partial charge >= 0.3 is 0 Å². The van der Waals surface area contributed by atoms with Crippen LogP contribution in [0.2, 0.25) is 0 Å². The number of carbonyl (C=O) groups is 2. The van der Waals surface area contributed by atoms with Gasteiger partial charge in [-0.3, -0.25) is 9.59 Å². The van der Waals surface area contributed by atoms with Gasteiger partial charge in [0.25, 0.3) is 0 Å². The molecule has 2 atom stereocenters. The fourth-order valence-corrected chi connectivity index (χ4v) is 10.4. The van der Waals surface area contributed by atoms with Crippen molar-refractivity contribution in [3.05, 3.63) is 71.2 Å². The van der Waals surface area contributed by atoms with Crippen molar-refractivity contribution in [3.8, 4) is 0 Å². The summed E-state index contributed by atoms with van der Waals surface area (Å²) in [5.41, 5.74) is 4.21.